The summed E-state index contributed by atoms with van der Waals surface area (Å²) >= 11 is 0. The average molecular weight is 229 g/mol. The van der Waals surface area contributed by atoms with E-state index in [1.807, 2.05) is 30.3 Å². The topological polar surface area (TPSA) is 63.4 Å². The zero-order valence-corrected chi connectivity index (χ0v) is 9.04. The number of para-hydroxylation sites is 1. The number of phenolic OH excluding ortho intramolecular Hbond substituents is 1. The van der Waals surface area contributed by atoms with Gasteiger partial charge in [-0.25, -0.2) is 0 Å². The lowest BCUT2D eigenvalue weighted by Crippen LogP contribution is -1.93. The van der Waals surface area contributed by atoms with Gasteiger partial charge in [-0.1, -0.05) is 42.5 Å². The Labute approximate surface area is 98.3 Å². The molecule has 0 saturated heterocycles. The SMILES string of the molecule is O=[N+]([O-])c1cccc(Cc2ccccc2)c1O. The molecule has 0 saturated carbocycles. The highest BCUT2D eigenvalue weighted by Gasteiger charge is 2.15. The van der Waals surface area contributed by atoms with Crippen molar-refractivity contribution in [1.29, 1.82) is 0 Å². The van der Waals surface area contributed by atoms with Gasteiger partial charge in [-0.15, -0.1) is 0 Å². The minimum Gasteiger partial charge on any atom is -0.502 e. The van der Waals surface area contributed by atoms with Crippen molar-refractivity contribution < 1.29 is 10.0 Å². The highest BCUT2D eigenvalue weighted by molar-refractivity contribution is 5.51. The molecule has 4 nitrogen and oxygen atoms in total. The minimum atomic E-state index is -0.580. The Morgan fingerprint density at radius 1 is 1.06 bits per heavy atom. The third-order valence-corrected chi connectivity index (χ3v) is 2.53. The molecule has 0 bridgehead atoms. The number of rotatable bonds is 3. The number of hydrogen-bond donors (Lipinski definition) is 1. The number of hydrogen-bond acceptors (Lipinski definition) is 3. The van der Waals surface area contributed by atoms with Crippen LogP contribution in [-0.2, 0) is 6.42 Å². The van der Waals surface area contributed by atoms with Crippen LogP contribution in [0.25, 0.3) is 0 Å². The average Bonchev–Trinajstić information content (AvgIpc) is 2.33. The summed E-state index contributed by atoms with van der Waals surface area (Å²) < 4.78 is 0. The highest BCUT2D eigenvalue weighted by Crippen LogP contribution is 2.30. The predicted molar refractivity (Wildman–Crippen MR) is 64.0 cm³/mol. The van der Waals surface area contributed by atoms with E-state index in [4.69, 9.17) is 0 Å². The van der Waals surface area contributed by atoms with Gasteiger partial charge in [-0.3, -0.25) is 10.1 Å². The molecule has 2 rings (SSSR count). The van der Waals surface area contributed by atoms with E-state index in [-0.39, 0.29) is 11.4 Å². The first-order valence-corrected chi connectivity index (χ1v) is 5.17. The lowest BCUT2D eigenvalue weighted by molar-refractivity contribution is -0.385. The van der Waals surface area contributed by atoms with Crippen LogP contribution < -0.4 is 0 Å². The smallest absolute Gasteiger partial charge is 0.310 e. The Morgan fingerprint density at radius 3 is 2.41 bits per heavy atom. The summed E-state index contributed by atoms with van der Waals surface area (Å²) in [4.78, 5) is 10.1. The largest absolute Gasteiger partial charge is 0.502 e. The van der Waals surface area contributed by atoms with E-state index in [9.17, 15) is 15.2 Å². The van der Waals surface area contributed by atoms with Gasteiger partial charge < -0.3 is 5.11 Å². The van der Waals surface area contributed by atoms with Gasteiger partial charge in [0, 0.05) is 18.1 Å². The summed E-state index contributed by atoms with van der Waals surface area (Å²) in [6, 6.07) is 14.1. The van der Waals surface area contributed by atoms with Crippen LogP contribution in [0, 0.1) is 10.1 Å². The van der Waals surface area contributed by atoms with Crippen LogP contribution in [0.5, 0.6) is 5.75 Å². The number of aromatic hydroxyl groups is 1. The van der Waals surface area contributed by atoms with Crippen LogP contribution in [0.4, 0.5) is 5.69 Å². The third-order valence-electron chi connectivity index (χ3n) is 2.53. The van der Waals surface area contributed by atoms with Crippen molar-refractivity contribution in [3.8, 4) is 5.75 Å². The van der Waals surface area contributed by atoms with Crippen molar-refractivity contribution in [2.75, 3.05) is 0 Å². The van der Waals surface area contributed by atoms with Gasteiger partial charge in [0.2, 0.25) is 0 Å². The highest BCUT2D eigenvalue weighted by atomic mass is 16.6. The molecule has 0 aliphatic carbocycles. The fourth-order valence-electron chi connectivity index (χ4n) is 1.68. The lowest BCUT2D eigenvalue weighted by Gasteiger charge is -2.04. The lowest BCUT2D eigenvalue weighted by atomic mass is 10.0. The van der Waals surface area contributed by atoms with E-state index in [2.05, 4.69) is 0 Å². The molecule has 0 atom stereocenters. The number of benzene rings is 2. The Morgan fingerprint density at radius 2 is 1.76 bits per heavy atom. The van der Waals surface area contributed by atoms with E-state index in [0.29, 0.717) is 12.0 Å². The Balaban J connectivity index is 2.34. The zero-order chi connectivity index (χ0) is 12.3. The first kappa shape index (κ1) is 11.1. The molecule has 0 aliphatic heterocycles. The van der Waals surface area contributed by atoms with Crippen LogP contribution in [0.2, 0.25) is 0 Å². The van der Waals surface area contributed by atoms with E-state index in [1.165, 1.54) is 6.07 Å². The molecule has 0 unspecified atom stereocenters. The monoisotopic (exact) mass is 229 g/mol. The molecule has 0 fully saturated rings. The second-order valence-electron chi connectivity index (χ2n) is 3.70. The van der Waals surface area contributed by atoms with E-state index in [0.717, 1.165) is 5.56 Å². The van der Waals surface area contributed by atoms with Gasteiger partial charge in [0.05, 0.1) is 4.92 Å². The maximum Gasteiger partial charge on any atom is 0.310 e. The van der Waals surface area contributed by atoms with Crippen molar-refractivity contribution in [2.24, 2.45) is 0 Å². The minimum absolute atomic E-state index is 0.249. The summed E-state index contributed by atoms with van der Waals surface area (Å²) in [6.07, 6.45) is 0.481. The molecule has 1 N–H and O–H groups in total. The van der Waals surface area contributed by atoms with Crippen LogP contribution in [0.1, 0.15) is 11.1 Å². The van der Waals surface area contributed by atoms with Crippen molar-refractivity contribution in [1.82, 2.24) is 0 Å². The first-order valence-electron chi connectivity index (χ1n) is 5.17. The van der Waals surface area contributed by atoms with Gasteiger partial charge >= 0.3 is 5.69 Å². The molecule has 2 aromatic rings. The van der Waals surface area contributed by atoms with Crippen LogP contribution in [0.15, 0.2) is 48.5 Å². The van der Waals surface area contributed by atoms with E-state index < -0.39 is 4.92 Å². The Kier molecular flexibility index (Phi) is 3.05. The van der Waals surface area contributed by atoms with Gasteiger partial charge in [-0.05, 0) is 5.56 Å². The molecule has 4 heteroatoms. The quantitative estimate of drug-likeness (QED) is 0.650. The van der Waals surface area contributed by atoms with E-state index in [1.54, 1.807) is 12.1 Å². The first-order chi connectivity index (χ1) is 8.18. The van der Waals surface area contributed by atoms with Gasteiger partial charge in [0.25, 0.3) is 0 Å². The molecular weight excluding hydrogens is 218 g/mol. The Bertz CT molecular complexity index is 538. The van der Waals surface area contributed by atoms with Crippen molar-refractivity contribution in [2.45, 2.75) is 6.42 Å². The van der Waals surface area contributed by atoms with Crippen molar-refractivity contribution in [3.05, 3.63) is 69.8 Å². The van der Waals surface area contributed by atoms with Crippen LogP contribution >= 0.6 is 0 Å². The molecule has 0 heterocycles. The van der Waals surface area contributed by atoms with Gasteiger partial charge in [0.1, 0.15) is 0 Å². The molecule has 0 aliphatic rings. The number of nitro benzene ring substituents is 1. The molecular formula is C13H11NO3. The molecule has 0 radical (unpaired) electrons. The molecule has 86 valence electrons. The third kappa shape index (κ3) is 2.42. The molecule has 2 aromatic carbocycles. The summed E-state index contributed by atoms with van der Waals surface area (Å²) in [5.74, 6) is -0.249. The van der Waals surface area contributed by atoms with Gasteiger partial charge in [0.15, 0.2) is 5.75 Å². The number of phenols is 1. The zero-order valence-electron chi connectivity index (χ0n) is 9.04. The molecule has 0 amide bonds. The second-order valence-corrected chi connectivity index (χ2v) is 3.70. The van der Waals surface area contributed by atoms with Crippen LogP contribution in [-0.4, -0.2) is 10.0 Å². The second kappa shape index (κ2) is 4.65. The maximum atomic E-state index is 10.7. The van der Waals surface area contributed by atoms with Gasteiger partial charge in [-0.2, -0.15) is 0 Å². The maximum absolute atomic E-state index is 10.7. The molecule has 0 spiro atoms. The normalized spacial score (nSPS) is 10.1. The fraction of sp³-hybridized carbons (Fsp3) is 0.0769. The standard InChI is InChI=1S/C13H11NO3/c15-13-11(7-4-8-12(13)14(16)17)9-10-5-2-1-3-6-10/h1-8,15H,9H2. The Hall–Kier alpha value is -2.36. The number of nitrogens with zero attached hydrogens (tertiary/aromatic N) is 1. The summed E-state index contributed by atoms with van der Waals surface area (Å²) in [5, 5.41) is 20.5. The summed E-state index contributed by atoms with van der Waals surface area (Å²) in [5.41, 5.74) is 1.31. The summed E-state index contributed by atoms with van der Waals surface area (Å²) in [7, 11) is 0. The molecule has 0 aromatic heterocycles. The predicted octanol–water partition coefficient (Wildman–Crippen LogP) is 2.89. The number of nitro groups is 1. The van der Waals surface area contributed by atoms with Crippen molar-refractivity contribution in [3.63, 3.8) is 0 Å². The summed E-state index contributed by atoms with van der Waals surface area (Å²) in [6.45, 7) is 0. The van der Waals surface area contributed by atoms with Crippen molar-refractivity contribution >= 4 is 5.69 Å². The van der Waals surface area contributed by atoms with Crippen LogP contribution in [0.3, 0.4) is 0 Å². The van der Waals surface area contributed by atoms with E-state index >= 15 is 0 Å². The molecule has 17 heavy (non-hydrogen) atoms. The fourth-order valence-corrected chi connectivity index (χ4v) is 1.68.